The van der Waals surface area contributed by atoms with Crippen LogP contribution in [0, 0.1) is 0 Å². The molecule has 2 amide bonds. The summed E-state index contributed by atoms with van der Waals surface area (Å²) in [5.41, 5.74) is 2.56. The van der Waals surface area contributed by atoms with E-state index in [1.54, 1.807) is 37.3 Å². The normalized spacial score (nSPS) is 13.4. The van der Waals surface area contributed by atoms with E-state index in [4.69, 9.17) is 4.74 Å². The van der Waals surface area contributed by atoms with E-state index in [0.717, 1.165) is 11.1 Å². The van der Waals surface area contributed by atoms with Crippen LogP contribution in [0.1, 0.15) is 38.8 Å². The van der Waals surface area contributed by atoms with Crippen molar-refractivity contribution in [2.45, 2.75) is 13.5 Å². The molecule has 5 nitrogen and oxygen atoms in total. The molecule has 0 saturated heterocycles. The van der Waals surface area contributed by atoms with Crippen molar-refractivity contribution in [2.24, 2.45) is 0 Å². The van der Waals surface area contributed by atoms with Gasteiger partial charge in [-0.25, -0.2) is 4.79 Å². The molecule has 0 aliphatic carbocycles. The van der Waals surface area contributed by atoms with Crippen molar-refractivity contribution >= 4 is 23.9 Å². The molecule has 0 N–H and O–H groups in total. The van der Waals surface area contributed by atoms with Crippen LogP contribution in [0.4, 0.5) is 0 Å². The average Bonchev–Trinajstić information content (AvgIpc) is 2.87. The molecule has 1 heterocycles. The molecule has 5 heteroatoms. The number of fused-ring (bicyclic) bond motifs is 1. The molecule has 0 radical (unpaired) electrons. The number of benzene rings is 2. The monoisotopic (exact) mass is 335 g/mol. The van der Waals surface area contributed by atoms with Crippen molar-refractivity contribution in [3.05, 3.63) is 76.9 Å². The highest BCUT2D eigenvalue weighted by Gasteiger charge is 2.34. The zero-order valence-corrected chi connectivity index (χ0v) is 13.8. The van der Waals surface area contributed by atoms with Gasteiger partial charge in [-0.1, -0.05) is 36.4 Å². The van der Waals surface area contributed by atoms with Gasteiger partial charge in [0.1, 0.15) is 0 Å². The van der Waals surface area contributed by atoms with E-state index in [9.17, 15) is 14.4 Å². The van der Waals surface area contributed by atoms with Gasteiger partial charge in [0.05, 0.1) is 24.3 Å². The van der Waals surface area contributed by atoms with Crippen LogP contribution in [0.2, 0.25) is 0 Å². The van der Waals surface area contributed by atoms with Gasteiger partial charge in [-0.3, -0.25) is 14.5 Å². The Balaban J connectivity index is 1.70. The van der Waals surface area contributed by atoms with E-state index in [2.05, 4.69) is 0 Å². The van der Waals surface area contributed by atoms with Gasteiger partial charge in [-0.05, 0) is 36.3 Å². The van der Waals surface area contributed by atoms with Gasteiger partial charge in [-0.15, -0.1) is 0 Å². The van der Waals surface area contributed by atoms with Crippen LogP contribution in [-0.2, 0) is 16.1 Å². The first-order valence-corrected chi connectivity index (χ1v) is 7.99. The smallest absolute Gasteiger partial charge is 0.330 e. The van der Waals surface area contributed by atoms with Gasteiger partial charge < -0.3 is 4.74 Å². The molecule has 2 aromatic carbocycles. The van der Waals surface area contributed by atoms with Crippen LogP contribution in [0.15, 0.2) is 54.6 Å². The van der Waals surface area contributed by atoms with Gasteiger partial charge in [0.15, 0.2) is 0 Å². The lowest BCUT2D eigenvalue weighted by Gasteiger charge is -2.13. The van der Waals surface area contributed by atoms with Crippen molar-refractivity contribution in [2.75, 3.05) is 6.61 Å². The summed E-state index contributed by atoms with van der Waals surface area (Å²) in [5.74, 6) is -0.934. The molecule has 126 valence electrons. The zero-order valence-electron chi connectivity index (χ0n) is 13.8. The molecule has 1 aliphatic heterocycles. The van der Waals surface area contributed by atoms with Gasteiger partial charge in [-0.2, -0.15) is 0 Å². The number of amides is 2. The van der Waals surface area contributed by atoms with Gasteiger partial charge in [0, 0.05) is 6.08 Å². The summed E-state index contributed by atoms with van der Waals surface area (Å²) in [6, 6.07) is 14.1. The summed E-state index contributed by atoms with van der Waals surface area (Å²) in [5, 5.41) is 0. The van der Waals surface area contributed by atoms with Crippen LogP contribution < -0.4 is 0 Å². The Bertz CT molecular complexity index is 817. The first-order chi connectivity index (χ1) is 12.1. The second kappa shape index (κ2) is 7.13. The highest BCUT2D eigenvalue weighted by molar-refractivity contribution is 6.21. The Hall–Kier alpha value is -3.21. The van der Waals surface area contributed by atoms with Crippen LogP contribution in [0.25, 0.3) is 6.08 Å². The summed E-state index contributed by atoms with van der Waals surface area (Å²) in [6.45, 7) is 2.30. The van der Waals surface area contributed by atoms with Crippen molar-refractivity contribution in [3.63, 3.8) is 0 Å². The molecule has 25 heavy (non-hydrogen) atoms. The third-order valence-electron chi connectivity index (χ3n) is 3.90. The molecule has 0 saturated carbocycles. The van der Waals surface area contributed by atoms with Gasteiger partial charge in [0.25, 0.3) is 11.8 Å². The van der Waals surface area contributed by atoms with E-state index in [-0.39, 0.29) is 18.4 Å². The molecule has 0 aromatic heterocycles. The van der Waals surface area contributed by atoms with Crippen LogP contribution in [-0.4, -0.2) is 29.3 Å². The number of carbonyl (C=O) groups excluding carboxylic acids is 3. The third kappa shape index (κ3) is 3.50. The summed E-state index contributed by atoms with van der Waals surface area (Å²) >= 11 is 0. The Morgan fingerprint density at radius 1 is 1.00 bits per heavy atom. The number of nitrogens with zero attached hydrogens (tertiary/aromatic N) is 1. The Morgan fingerprint density at radius 3 is 2.16 bits per heavy atom. The topological polar surface area (TPSA) is 63.7 Å². The van der Waals surface area contributed by atoms with E-state index >= 15 is 0 Å². The lowest BCUT2D eigenvalue weighted by atomic mass is 10.1. The second-order valence-electron chi connectivity index (χ2n) is 5.57. The van der Waals surface area contributed by atoms with Crippen LogP contribution in [0.3, 0.4) is 0 Å². The number of ether oxygens (including phenoxy) is 1. The highest BCUT2D eigenvalue weighted by atomic mass is 16.5. The standard InChI is InChI=1S/C20H17NO4/c1-2-25-18(22)12-11-14-7-9-15(10-8-14)13-21-19(23)16-5-3-4-6-17(16)20(21)24/h3-12H,2,13H2,1H3/b12-11+. The SMILES string of the molecule is CCOC(=O)/C=C/c1ccc(CN2C(=O)c3ccccc3C2=O)cc1. The molecule has 0 unspecified atom stereocenters. The Labute approximate surface area is 145 Å². The quantitative estimate of drug-likeness (QED) is 0.479. The Kier molecular flexibility index (Phi) is 4.75. The lowest BCUT2D eigenvalue weighted by Crippen LogP contribution is -2.29. The Morgan fingerprint density at radius 2 is 1.60 bits per heavy atom. The van der Waals surface area contributed by atoms with Crippen LogP contribution >= 0.6 is 0 Å². The molecular weight excluding hydrogens is 318 g/mol. The maximum absolute atomic E-state index is 12.4. The first kappa shape index (κ1) is 16.6. The van der Waals surface area contributed by atoms with Crippen molar-refractivity contribution in [1.29, 1.82) is 0 Å². The lowest BCUT2D eigenvalue weighted by molar-refractivity contribution is -0.137. The van der Waals surface area contributed by atoms with E-state index in [1.165, 1.54) is 11.0 Å². The fourth-order valence-electron chi connectivity index (χ4n) is 2.65. The minimum Gasteiger partial charge on any atom is -0.463 e. The third-order valence-corrected chi connectivity index (χ3v) is 3.90. The maximum atomic E-state index is 12.4. The predicted octanol–water partition coefficient (Wildman–Crippen LogP) is 3.06. The highest BCUT2D eigenvalue weighted by Crippen LogP contribution is 2.24. The van der Waals surface area contributed by atoms with Crippen molar-refractivity contribution in [3.8, 4) is 0 Å². The first-order valence-electron chi connectivity index (χ1n) is 7.99. The number of hydrogen-bond acceptors (Lipinski definition) is 4. The average molecular weight is 335 g/mol. The summed E-state index contributed by atoms with van der Waals surface area (Å²) in [7, 11) is 0. The summed E-state index contributed by atoms with van der Waals surface area (Å²) in [4.78, 5) is 37.3. The van der Waals surface area contributed by atoms with Crippen LogP contribution in [0.5, 0.6) is 0 Å². The second-order valence-corrected chi connectivity index (χ2v) is 5.57. The minimum atomic E-state index is -0.391. The zero-order chi connectivity index (χ0) is 17.8. The summed E-state index contributed by atoms with van der Waals surface area (Å²) in [6.07, 6.45) is 3.02. The molecule has 0 fully saturated rings. The largest absolute Gasteiger partial charge is 0.463 e. The molecule has 0 atom stereocenters. The van der Waals surface area contributed by atoms with Gasteiger partial charge in [0.2, 0.25) is 0 Å². The van der Waals surface area contributed by atoms with Gasteiger partial charge >= 0.3 is 5.97 Å². The number of rotatable bonds is 5. The molecule has 0 bridgehead atoms. The van der Waals surface area contributed by atoms with E-state index < -0.39 is 5.97 Å². The number of hydrogen-bond donors (Lipinski definition) is 0. The fourth-order valence-corrected chi connectivity index (χ4v) is 2.65. The van der Waals surface area contributed by atoms with Crippen molar-refractivity contribution < 1.29 is 19.1 Å². The van der Waals surface area contributed by atoms with E-state index in [0.29, 0.717) is 17.7 Å². The molecule has 1 aliphatic rings. The molecule has 2 aromatic rings. The fraction of sp³-hybridized carbons (Fsp3) is 0.150. The number of esters is 1. The maximum Gasteiger partial charge on any atom is 0.330 e. The molecular formula is C20H17NO4. The molecule has 3 rings (SSSR count). The summed E-state index contributed by atoms with van der Waals surface area (Å²) < 4.78 is 4.82. The number of imide groups is 1. The molecule has 0 spiro atoms. The number of carbonyl (C=O) groups is 3. The predicted molar refractivity (Wildman–Crippen MR) is 92.8 cm³/mol. The van der Waals surface area contributed by atoms with E-state index in [1.807, 2.05) is 24.3 Å². The minimum absolute atomic E-state index is 0.216. The van der Waals surface area contributed by atoms with Crippen molar-refractivity contribution in [1.82, 2.24) is 4.90 Å².